The lowest BCUT2D eigenvalue weighted by atomic mass is 10.0. The number of methoxy groups -OCH3 is 2. The second kappa shape index (κ2) is 6.13. The number of likely N-dealkylation sites (tertiary alicyclic amines) is 1. The Hall–Kier alpha value is -1.75. The molecule has 110 valence electrons. The molecule has 1 heterocycles. The van der Waals surface area contributed by atoms with E-state index in [1.165, 1.54) is 0 Å². The average molecular weight is 278 g/mol. The molecule has 1 amide bonds. The predicted octanol–water partition coefficient (Wildman–Crippen LogP) is 1.51. The van der Waals surface area contributed by atoms with Crippen LogP contribution in [0.3, 0.4) is 0 Å². The lowest BCUT2D eigenvalue weighted by Gasteiger charge is -2.19. The second-order valence-electron chi connectivity index (χ2n) is 5.26. The molecule has 2 rings (SSSR count). The van der Waals surface area contributed by atoms with Gasteiger partial charge in [-0.25, -0.2) is 0 Å². The number of ether oxygens (including phenoxy) is 2. The normalized spacial score (nSPS) is 19.8. The lowest BCUT2D eigenvalue weighted by molar-refractivity contribution is 0.0785. The zero-order chi connectivity index (χ0) is 14.7. The highest BCUT2D eigenvalue weighted by Crippen LogP contribution is 2.26. The summed E-state index contributed by atoms with van der Waals surface area (Å²) in [5, 5.41) is 0. The fourth-order valence-electron chi connectivity index (χ4n) is 2.51. The molecule has 1 saturated heterocycles. The van der Waals surface area contributed by atoms with Crippen molar-refractivity contribution in [1.82, 2.24) is 4.90 Å². The minimum atomic E-state index is 0.00495. The van der Waals surface area contributed by atoms with Crippen molar-refractivity contribution in [3.8, 4) is 11.5 Å². The molecule has 20 heavy (non-hydrogen) atoms. The van der Waals surface area contributed by atoms with Crippen LogP contribution >= 0.6 is 0 Å². The third-order valence-electron chi connectivity index (χ3n) is 3.85. The van der Waals surface area contributed by atoms with Crippen molar-refractivity contribution in [1.29, 1.82) is 0 Å². The fourth-order valence-corrected chi connectivity index (χ4v) is 2.51. The van der Waals surface area contributed by atoms with Crippen molar-refractivity contribution in [2.45, 2.75) is 19.4 Å². The number of nitrogens with zero attached hydrogens (tertiary/aromatic N) is 1. The molecule has 1 aromatic rings. The van der Waals surface area contributed by atoms with Crippen LogP contribution < -0.4 is 15.2 Å². The second-order valence-corrected chi connectivity index (χ2v) is 5.26. The van der Waals surface area contributed by atoms with Crippen molar-refractivity contribution in [2.75, 3.05) is 27.3 Å². The van der Waals surface area contributed by atoms with E-state index in [4.69, 9.17) is 15.2 Å². The number of carbonyl (C=O) groups is 1. The average Bonchev–Trinajstić information content (AvgIpc) is 2.95. The molecule has 0 spiro atoms. The topological polar surface area (TPSA) is 64.8 Å². The summed E-state index contributed by atoms with van der Waals surface area (Å²) in [5.74, 6) is 1.63. The molecule has 5 nitrogen and oxygen atoms in total. The standard InChI is InChI=1S/C15H22N2O3/c1-10(16)11-4-5-17(9-11)15(18)12-6-13(19-2)8-14(7-12)20-3/h6-8,10-11H,4-5,9,16H2,1-3H3. The molecule has 2 atom stereocenters. The minimum absolute atomic E-state index is 0.00495. The molecule has 0 saturated carbocycles. The number of hydrogen-bond donors (Lipinski definition) is 1. The van der Waals surface area contributed by atoms with Crippen LogP contribution in [0.25, 0.3) is 0 Å². The van der Waals surface area contributed by atoms with Crippen LogP contribution in [0.5, 0.6) is 11.5 Å². The molecule has 0 bridgehead atoms. The van der Waals surface area contributed by atoms with Crippen molar-refractivity contribution in [2.24, 2.45) is 11.7 Å². The summed E-state index contributed by atoms with van der Waals surface area (Å²) in [6, 6.07) is 5.35. The molecule has 0 radical (unpaired) electrons. The van der Waals surface area contributed by atoms with Gasteiger partial charge >= 0.3 is 0 Å². The number of rotatable bonds is 4. The molecule has 1 aromatic carbocycles. The molecule has 1 aliphatic heterocycles. The van der Waals surface area contributed by atoms with Crippen LogP contribution in [0.4, 0.5) is 0 Å². The maximum atomic E-state index is 12.5. The van der Waals surface area contributed by atoms with Gasteiger partial charge < -0.3 is 20.1 Å². The van der Waals surface area contributed by atoms with Gasteiger partial charge in [-0.05, 0) is 31.4 Å². The Labute approximate surface area is 119 Å². The van der Waals surface area contributed by atoms with E-state index in [-0.39, 0.29) is 11.9 Å². The van der Waals surface area contributed by atoms with Crippen molar-refractivity contribution >= 4 is 5.91 Å². The van der Waals surface area contributed by atoms with Crippen LogP contribution in [0.2, 0.25) is 0 Å². The molecular formula is C15H22N2O3. The number of carbonyl (C=O) groups excluding carboxylic acids is 1. The zero-order valence-electron chi connectivity index (χ0n) is 12.3. The summed E-state index contributed by atoms with van der Waals surface area (Å²) in [4.78, 5) is 14.4. The zero-order valence-corrected chi connectivity index (χ0v) is 12.3. The molecule has 2 N–H and O–H groups in total. The fraction of sp³-hybridized carbons (Fsp3) is 0.533. The van der Waals surface area contributed by atoms with Crippen LogP contribution in [-0.4, -0.2) is 44.2 Å². The smallest absolute Gasteiger partial charge is 0.254 e. The Bertz CT molecular complexity index is 466. The first-order valence-corrected chi connectivity index (χ1v) is 6.83. The van der Waals surface area contributed by atoms with Crippen molar-refractivity contribution < 1.29 is 14.3 Å². The van der Waals surface area contributed by atoms with Gasteiger partial charge in [0.25, 0.3) is 5.91 Å². The Morgan fingerprint density at radius 2 is 1.90 bits per heavy atom. The summed E-state index contributed by atoms with van der Waals surface area (Å²) in [5.41, 5.74) is 6.50. The highest BCUT2D eigenvalue weighted by atomic mass is 16.5. The van der Waals surface area contributed by atoms with E-state index in [1.54, 1.807) is 32.4 Å². The number of nitrogens with two attached hydrogens (primary N) is 1. The maximum Gasteiger partial charge on any atom is 0.254 e. The first kappa shape index (κ1) is 14.7. The van der Waals surface area contributed by atoms with E-state index in [9.17, 15) is 4.79 Å². The summed E-state index contributed by atoms with van der Waals surface area (Å²) >= 11 is 0. The first-order valence-electron chi connectivity index (χ1n) is 6.83. The first-order chi connectivity index (χ1) is 9.55. The Balaban J connectivity index is 2.17. The Morgan fingerprint density at radius 1 is 1.30 bits per heavy atom. The number of benzene rings is 1. The van der Waals surface area contributed by atoms with Crippen LogP contribution in [0.15, 0.2) is 18.2 Å². The Kier molecular flexibility index (Phi) is 4.49. The van der Waals surface area contributed by atoms with Gasteiger partial charge in [0.1, 0.15) is 11.5 Å². The molecule has 5 heteroatoms. The van der Waals surface area contributed by atoms with E-state index in [1.807, 2.05) is 11.8 Å². The van der Waals surface area contributed by atoms with Gasteiger partial charge in [0.2, 0.25) is 0 Å². The summed E-state index contributed by atoms with van der Waals surface area (Å²) in [6.07, 6.45) is 0.963. The largest absolute Gasteiger partial charge is 0.497 e. The van der Waals surface area contributed by atoms with Gasteiger partial charge in [-0.3, -0.25) is 4.79 Å². The third kappa shape index (κ3) is 3.04. The SMILES string of the molecule is COc1cc(OC)cc(C(=O)N2CCC(C(C)N)C2)c1. The molecular weight excluding hydrogens is 256 g/mol. The number of amides is 1. The quantitative estimate of drug-likeness (QED) is 0.906. The third-order valence-corrected chi connectivity index (χ3v) is 3.85. The Morgan fingerprint density at radius 3 is 2.35 bits per heavy atom. The molecule has 0 aliphatic carbocycles. The van der Waals surface area contributed by atoms with E-state index in [2.05, 4.69) is 0 Å². The van der Waals surface area contributed by atoms with Gasteiger partial charge in [0.15, 0.2) is 0 Å². The van der Waals surface area contributed by atoms with Crippen LogP contribution in [-0.2, 0) is 0 Å². The summed E-state index contributed by atoms with van der Waals surface area (Å²) in [6.45, 7) is 3.47. The van der Waals surface area contributed by atoms with E-state index >= 15 is 0 Å². The van der Waals surface area contributed by atoms with E-state index in [0.29, 0.717) is 23.0 Å². The van der Waals surface area contributed by atoms with E-state index in [0.717, 1.165) is 19.5 Å². The molecule has 2 unspecified atom stereocenters. The lowest BCUT2D eigenvalue weighted by Crippen LogP contribution is -2.33. The van der Waals surface area contributed by atoms with Gasteiger partial charge in [-0.1, -0.05) is 0 Å². The van der Waals surface area contributed by atoms with Crippen molar-refractivity contribution in [3.63, 3.8) is 0 Å². The summed E-state index contributed by atoms with van der Waals surface area (Å²) < 4.78 is 10.4. The molecule has 0 aromatic heterocycles. The minimum Gasteiger partial charge on any atom is -0.497 e. The predicted molar refractivity (Wildman–Crippen MR) is 77.2 cm³/mol. The highest BCUT2D eigenvalue weighted by molar-refractivity contribution is 5.95. The highest BCUT2D eigenvalue weighted by Gasteiger charge is 2.29. The molecule has 1 aliphatic rings. The van der Waals surface area contributed by atoms with Gasteiger partial charge in [0.05, 0.1) is 14.2 Å². The number of hydrogen-bond acceptors (Lipinski definition) is 4. The summed E-state index contributed by atoms with van der Waals surface area (Å²) in [7, 11) is 3.15. The van der Waals surface area contributed by atoms with Gasteiger partial charge in [0, 0.05) is 30.8 Å². The van der Waals surface area contributed by atoms with Crippen LogP contribution in [0, 0.1) is 5.92 Å². The van der Waals surface area contributed by atoms with Gasteiger partial charge in [-0.15, -0.1) is 0 Å². The van der Waals surface area contributed by atoms with E-state index < -0.39 is 0 Å². The maximum absolute atomic E-state index is 12.5. The monoisotopic (exact) mass is 278 g/mol. The van der Waals surface area contributed by atoms with Crippen molar-refractivity contribution in [3.05, 3.63) is 23.8 Å². The van der Waals surface area contributed by atoms with Crippen LogP contribution in [0.1, 0.15) is 23.7 Å². The molecule has 1 fully saturated rings. The van der Waals surface area contributed by atoms with Gasteiger partial charge in [-0.2, -0.15) is 0 Å².